The van der Waals surface area contributed by atoms with Crippen molar-refractivity contribution < 1.29 is 4.79 Å². The van der Waals surface area contributed by atoms with Gasteiger partial charge in [0.1, 0.15) is 11.4 Å². The number of para-hydroxylation sites is 1. The lowest BCUT2D eigenvalue weighted by Gasteiger charge is -2.20. The Morgan fingerprint density at radius 2 is 1.83 bits per heavy atom. The Balaban J connectivity index is 1.46. The van der Waals surface area contributed by atoms with Gasteiger partial charge in [0.2, 0.25) is 0 Å². The molecule has 1 unspecified atom stereocenters. The van der Waals surface area contributed by atoms with Crippen molar-refractivity contribution in [1.82, 2.24) is 34.4 Å². The van der Waals surface area contributed by atoms with Crippen LogP contribution in [0.1, 0.15) is 65.0 Å². The maximum absolute atomic E-state index is 14.2. The van der Waals surface area contributed by atoms with Crippen molar-refractivity contribution in [2.75, 3.05) is 5.73 Å². The van der Waals surface area contributed by atoms with Crippen molar-refractivity contribution in [3.05, 3.63) is 110 Å². The third kappa shape index (κ3) is 4.88. The van der Waals surface area contributed by atoms with Gasteiger partial charge in [-0.1, -0.05) is 44.0 Å². The highest BCUT2D eigenvalue weighted by atomic mass is 32.1. The first-order valence-electron chi connectivity index (χ1n) is 13.3. The van der Waals surface area contributed by atoms with E-state index in [1.165, 1.54) is 20.4 Å². The SMILES string of the molecule is CC(C)c1ccn2nc(N)c(C(=O)NC(C)c3nc4cccc(C#Cc5cncs5)c4c(=O)n3-c3ccccc3)c2n1. The number of nitrogens with two attached hydrogens (primary N) is 1. The Hall–Kier alpha value is -5.34. The molecule has 42 heavy (non-hydrogen) atoms. The van der Waals surface area contributed by atoms with Gasteiger partial charge in [-0.15, -0.1) is 16.4 Å². The van der Waals surface area contributed by atoms with Gasteiger partial charge in [-0.05, 0) is 49.1 Å². The standard InChI is InChI=1S/C31H26N8O2S/c1-18(2)23-14-15-38-29(35-23)26(27(32)37-38)30(40)34-19(3)28-36-24-11-7-8-20(12-13-22-16-33-17-42-22)25(24)31(41)39(28)21-9-5-4-6-10-21/h4-11,14-19H,1-3H3,(H2,32,37)(H,34,40). The van der Waals surface area contributed by atoms with Crippen molar-refractivity contribution in [2.45, 2.75) is 32.7 Å². The largest absolute Gasteiger partial charge is 0.381 e. The summed E-state index contributed by atoms with van der Waals surface area (Å²) in [5.74, 6) is 6.28. The number of anilines is 1. The first-order valence-corrected chi connectivity index (χ1v) is 14.2. The van der Waals surface area contributed by atoms with Crippen molar-refractivity contribution in [3.63, 3.8) is 0 Å². The number of hydrogen-bond donors (Lipinski definition) is 2. The first kappa shape index (κ1) is 26.9. The molecule has 1 amide bonds. The first-order chi connectivity index (χ1) is 20.3. The van der Waals surface area contributed by atoms with Gasteiger partial charge in [0, 0.05) is 17.5 Å². The quantitative estimate of drug-likeness (QED) is 0.290. The molecule has 6 aromatic rings. The molecule has 4 aromatic heterocycles. The fourth-order valence-corrected chi connectivity index (χ4v) is 5.17. The van der Waals surface area contributed by atoms with Crippen LogP contribution in [0.25, 0.3) is 22.2 Å². The zero-order valence-corrected chi connectivity index (χ0v) is 23.9. The number of hydrogen-bond acceptors (Lipinski definition) is 8. The molecule has 0 aliphatic carbocycles. The fraction of sp³-hybridized carbons (Fsp3) is 0.161. The van der Waals surface area contributed by atoms with Crippen LogP contribution in [0, 0.1) is 11.8 Å². The number of aromatic nitrogens is 6. The van der Waals surface area contributed by atoms with E-state index in [0.717, 1.165) is 10.6 Å². The molecule has 10 nitrogen and oxygen atoms in total. The molecule has 2 aromatic carbocycles. The van der Waals surface area contributed by atoms with Gasteiger partial charge in [-0.3, -0.25) is 19.1 Å². The number of carbonyl (C=O) groups is 1. The zero-order valence-electron chi connectivity index (χ0n) is 23.1. The number of amides is 1. The number of nitrogens with one attached hydrogen (secondary N) is 1. The molecule has 3 N–H and O–H groups in total. The summed E-state index contributed by atoms with van der Waals surface area (Å²) in [5, 5.41) is 7.62. The minimum Gasteiger partial charge on any atom is -0.381 e. The van der Waals surface area contributed by atoms with Gasteiger partial charge < -0.3 is 11.1 Å². The Kier molecular flexibility index (Phi) is 6.98. The maximum Gasteiger partial charge on any atom is 0.267 e. The van der Waals surface area contributed by atoms with Crippen molar-refractivity contribution >= 4 is 39.6 Å². The van der Waals surface area contributed by atoms with E-state index in [2.05, 4.69) is 32.2 Å². The van der Waals surface area contributed by atoms with Gasteiger partial charge >= 0.3 is 0 Å². The van der Waals surface area contributed by atoms with E-state index in [4.69, 9.17) is 10.7 Å². The van der Waals surface area contributed by atoms with Gasteiger partial charge in [-0.25, -0.2) is 14.5 Å². The number of rotatable bonds is 5. The zero-order chi connectivity index (χ0) is 29.4. The molecule has 0 saturated heterocycles. The van der Waals surface area contributed by atoms with E-state index in [1.807, 2.05) is 56.3 Å². The number of carbonyl (C=O) groups excluding carboxylic acids is 1. The van der Waals surface area contributed by atoms with Crippen molar-refractivity contribution in [2.24, 2.45) is 0 Å². The van der Waals surface area contributed by atoms with E-state index in [1.54, 1.807) is 37.0 Å². The molecule has 4 heterocycles. The molecule has 208 valence electrons. The third-order valence-electron chi connectivity index (χ3n) is 6.78. The summed E-state index contributed by atoms with van der Waals surface area (Å²) < 4.78 is 3.00. The second kappa shape index (κ2) is 10.9. The maximum atomic E-state index is 14.2. The van der Waals surface area contributed by atoms with Crippen LogP contribution in [0.3, 0.4) is 0 Å². The Labute approximate surface area is 244 Å². The van der Waals surface area contributed by atoms with Crippen LogP contribution in [0.15, 0.2) is 77.3 Å². The average molecular weight is 575 g/mol. The summed E-state index contributed by atoms with van der Waals surface area (Å²) in [5.41, 5.74) is 10.6. The van der Waals surface area contributed by atoms with Crippen molar-refractivity contribution in [3.8, 4) is 17.5 Å². The summed E-state index contributed by atoms with van der Waals surface area (Å²) in [4.78, 5) is 42.2. The molecule has 0 radical (unpaired) electrons. The fourth-order valence-electron chi connectivity index (χ4n) is 4.71. The van der Waals surface area contributed by atoms with E-state index < -0.39 is 11.9 Å². The van der Waals surface area contributed by atoms with E-state index in [0.29, 0.717) is 33.6 Å². The smallest absolute Gasteiger partial charge is 0.267 e. The summed E-state index contributed by atoms with van der Waals surface area (Å²) >= 11 is 1.42. The number of thiazole rings is 1. The van der Waals surface area contributed by atoms with E-state index in [-0.39, 0.29) is 22.9 Å². The molecule has 11 heteroatoms. The van der Waals surface area contributed by atoms with Crippen LogP contribution in [0.4, 0.5) is 5.82 Å². The van der Waals surface area contributed by atoms with Crippen molar-refractivity contribution in [1.29, 1.82) is 0 Å². The molecular weight excluding hydrogens is 548 g/mol. The predicted molar refractivity (Wildman–Crippen MR) is 163 cm³/mol. The Morgan fingerprint density at radius 1 is 1.02 bits per heavy atom. The molecular formula is C31H26N8O2S. The molecule has 0 aliphatic rings. The number of nitrogens with zero attached hydrogens (tertiary/aromatic N) is 6. The average Bonchev–Trinajstić information content (AvgIpc) is 3.62. The molecule has 0 fully saturated rings. The third-order valence-corrected chi connectivity index (χ3v) is 7.47. The van der Waals surface area contributed by atoms with Crippen LogP contribution < -0.4 is 16.6 Å². The number of fused-ring (bicyclic) bond motifs is 2. The molecule has 0 spiro atoms. The minimum absolute atomic E-state index is 0.0594. The van der Waals surface area contributed by atoms with Crippen LogP contribution in [0.2, 0.25) is 0 Å². The monoisotopic (exact) mass is 574 g/mol. The van der Waals surface area contributed by atoms with E-state index >= 15 is 0 Å². The summed E-state index contributed by atoms with van der Waals surface area (Å²) in [7, 11) is 0. The second-order valence-corrected chi connectivity index (χ2v) is 10.9. The van der Waals surface area contributed by atoms with Gasteiger partial charge in [0.05, 0.1) is 39.2 Å². The number of benzene rings is 2. The van der Waals surface area contributed by atoms with Crippen LogP contribution >= 0.6 is 11.3 Å². The Morgan fingerprint density at radius 3 is 2.57 bits per heavy atom. The molecule has 1 atom stereocenters. The lowest BCUT2D eigenvalue weighted by atomic mass is 10.1. The Bertz CT molecular complexity index is 2070. The lowest BCUT2D eigenvalue weighted by molar-refractivity contribution is 0.0940. The molecule has 0 aliphatic heterocycles. The van der Waals surface area contributed by atoms with Gasteiger partial charge in [0.15, 0.2) is 11.5 Å². The normalized spacial score (nSPS) is 11.9. The summed E-state index contributed by atoms with van der Waals surface area (Å²) in [6.45, 7) is 5.81. The van der Waals surface area contributed by atoms with Crippen LogP contribution in [-0.4, -0.2) is 35.0 Å². The molecule has 0 saturated carbocycles. The van der Waals surface area contributed by atoms with E-state index in [9.17, 15) is 9.59 Å². The second-order valence-electron chi connectivity index (χ2n) is 9.99. The lowest BCUT2D eigenvalue weighted by Crippen LogP contribution is -2.33. The highest BCUT2D eigenvalue weighted by molar-refractivity contribution is 7.10. The highest BCUT2D eigenvalue weighted by Gasteiger charge is 2.25. The summed E-state index contributed by atoms with van der Waals surface area (Å²) in [6, 6.07) is 15.7. The highest BCUT2D eigenvalue weighted by Crippen LogP contribution is 2.23. The molecule has 0 bridgehead atoms. The number of nitrogen functional groups attached to an aromatic ring is 1. The van der Waals surface area contributed by atoms with Gasteiger partial charge in [-0.2, -0.15) is 0 Å². The van der Waals surface area contributed by atoms with Gasteiger partial charge in [0.25, 0.3) is 11.5 Å². The van der Waals surface area contributed by atoms with Crippen LogP contribution in [-0.2, 0) is 0 Å². The minimum atomic E-state index is -0.690. The summed E-state index contributed by atoms with van der Waals surface area (Å²) in [6.07, 6.45) is 3.42. The van der Waals surface area contributed by atoms with Crippen LogP contribution in [0.5, 0.6) is 0 Å². The molecule has 6 rings (SSSR count). The predicted octanol–water partition coefficient (Wildman–Crippen LogP) is 4.48. The topological polar surface area (TPSA) is 133 Å².